The highest BCUT2D eigenvalue weighted by molar-refractivity contribution is 7.15. The summed E-state index contributed by atoms with van der Waals surface area (Å²) in [5.41, 5.74) is 8.60. The Bertz CT molecular complexity index is 1180. The number of rotatable bonds is 5. The molecule has 0 aliphatic carbocycles. The van der Waals surface area contributed by atoms with Crippen molar-refractivity contribution in [2.75, 3.05) is 5.32 Å². The van der Waals surface area contributed by atoms with Gasteiger partial charge >= 0.3 is 0 Å². The Hall–Kier alpha value is -3.16. The zero-order valence-electron chi connectivity index (χ0n) is 14.6. The van der Waals surface area contributed by atoms with Crippen LogP contribution in [0.15, 0.2) is 60.1 Å². The molecule has 0 aliphatic rings. The second kappa shape index (κ2) is 7.46. The Balaban J connectivity index is 1.56. The van der Waals surface area contributed by atoms with Gasteiger partial charge in [-0.2, -0.15) is 0 Å². The lowest BCUT2D eigenvalue weighted by Crippen LogP contribution is -2.19. The number of hydrogen-bond donors (Lipinski definition) is 2. The molecular weight excluding hydrogens is 396 g/mol. The van der Waals surface area contributed by atoms with E-state index in [-0.39, 0.29) is 17.9 Å². The highest BCUT2D eigenvalue weighted by atomic mass is 35.5. The Morgan fingerprint density at radius 3 is 2.64 bits per heavy atom. The fourth-order valence-corrected chi connectivity index (χ4v) is 3.88. The highest BCUT2D eigenvalue weighted by Crippen LogP contribution is 2.25. The standard InChI is InChI=1S/C20H15ClN4O2S/c21-13-7-5-12(6-8-13)17-10-25-14(11-28-20(25)24-17)9-18(26)23-16-4-2-1-3-15(16)19(22)27/h1-8,10-11H,9H2,(H2,22,27)(H,23,26). The van der Waals surface area contributed by atoms with E-state index < -0.39 is 5.91 Å². The molecule has 140 valence electrons. The minimum absolute atomic E-state index is 0.142. The molecule has 0 bridgehead atoms. The number of amides is 2. The second-order valence-electron chi connectivity index (χ2n) is 6.15. The number of nitrogens with zero attached hydrogens (tertiary/aromatic N) is 2. The van der Waals surface area contributed by atoms with E-state index in [1.807, 2.05) is 40.2 Å². The van der Waals surface area contributed by atoms with Gasteiger partial charge in [0, 0.05) is 27.9 Å². The fraction of sp³-hybridized carbons (Fsp3) is 0.0500. The molecule has 0 spiro atoms. The quantitative estimate of drug-likeness (QED) is 0.521. The molecule has 0 radical (unpaired) electrons. The van der Waals surface area contributed by atoms with Crippen molar-refractivity contribution in [3.8, 4) is 11.3 Å². The van der Waals surface area contributed by atoms with Gasteiger partial charge in [-0.15, -0.1) is 11.3 Å². The van der Waals surface area contributed by atoms with E-state index >= 15 is 0 Å². The smallest absolute Gasteiger partial charge is 0.250 e. The number of para-hydroxylation sites is 1. The molecule has 0 saturated carbocycles. The molecule has 0 aliphatic heterocycles. The van der Waals surface area contributed by atoms with Gasteiger partial charge in [-0.1, -0.05) is 35.9 Å². The summed E-state index contributed by atoms with van der Waals surface area (Å²) in [5, 5.41) is 5.32. The van der Waals surface area contributed by atoms with Crippen molar-refractivity contribution >= 4 is 45.4 Å². The van der Waals surface area contributed by atoms with Crippen molar-refractivity contribution in [1.82, 2.24) is 9.38 Å². The van der Waals surface area contributed by atoms with E-state index in [9.17, 15) is 9.59 Å². The first-order valence-electron chi connectivity index (χ1n) is 8.41. The van der Waals surface area contributed by atoms with Gasteiger partial charge < -0.3 is 11.1 Å². The summed E-state index contributed by atoms with van der Waals surface area (Å²) < 4.78 is 1.90. The number of fused-ring (bicyclic) bond motifs is 1. The maximum atomic E-state index is 12.5. The van der Waals surface area contributed by atoms with Crippen molar-refractivity contribution in [2.24, 2.45) is 5.73 Å². The van der Waals surface area contributed by atoms with Crippen molar-refractivity contribution in [3.63, 3.8) is 0 Å². The molecular formula is C20H15ClN4O2S. The summed E-state index contributed by atoms with van der Waals surface area (Å²) in [5.74, 6) is -0.828. The van der Waals surface area contributed by atoms with Crippen LogP contribution in [-0.4, -0.2) is 21.2 Å². The third-order valence-corrected chi connectivity index (χ3v) is 5.37. The number of anilines is 1. The number of carbonyl (C=O) groups is 2. The minimum Gasteiger partial charge on any atom is -0.366 e. The van der Waals surface area contributed by atoms with Gasteiger partial charge in [-0.25, -0.2) is 4.98 Å². The van der Waals surface area contributed by atoms with Crippen LogP contribution in [0.5, 0.6) is 0 Å². The van der Waals surface area contributed by atoms with Crippen LogP contribution in [0.1, 0.15) is 16.1 Å². The number of benzene rings is 2. The van der Waals surface area contributed by atoms with Crippen LogP contribution in [0.2, 0.25) is 5.02 Å². The van der Waals surface area contributed by atoms with Crippen molar-refractivity contribution in [2.45, 2.75) is 6.42 Å². The molecule has 8 heteroatoms. The number of halogens is 1. The molecule has 4 rings (SSSR count). The lowest BCUT2D eigenvalue weighted by molar-refractivity contribution is -0.115. The number of imidazole rings is 1. The van der Waals surface area contributed by atoms with Crippen LogP contribution in [0.25, 0.3) is 16.2 Å². The number of nitrogens with two attached hydrogens (primary N) is 1. The number of hydrogen-bond acceptors (Lipinski definition) is 4. The van der Waals surface area contributed by atoms with Crippen molar-refractivity contribution in [3.05, 3.63) is 76.4 Å². The SMILES string of the molecule is NC(=O)c1ccccc1NC(=O)Cc1csc2nc(-c3ccc(Cl)cc3)cn12. The monoisotopic (exact) mass is 410 g/mol. The number of aromatic nitrogens is 2. The average Bonchev–Trinajstić information content (AvgIpc) is 3.24. The Morgan fingerprint density at radius 2 is 1.89 bits per heavy atom. The van der Waals surface area contributed by atoms with Gasteiger partial charge in [0.25, 0.3) is 5.91 Å². The number of thiazole rings is 1. The number of nitrogens with one attached hydrogen (secondary N) is 1. The molecule has 2 aromatic heterocycles. The zero-order valence-corrected chi connectivity index (χ0v) is 16.1. The summed E-state index contributed by atoms with van der Waals surface area (Å²) in [6, 6.07) is 14.1. The third-order valence-electron chi connectivity index (χ3n) is 4.23. The summed E-state index contributed by atoms with van der Waals surface area (Å²) in [6.07, 6.45) is 2.04. The number of carbonyl (C=O) groups excluding carboxylic acids is 2. The van der Waals surface area contributed by atoms with E-state index in [1.54, 1.807) is 24.3 Å². The van der Waals surface area contributed by atoms with Crippen LogP contribution in [-0.2, 0) is 11.2 Å². The Morgan fingerprint density at radius 1 is 1.14 bits per heavy atom. The maximum Gasteiger partial charge on any atom is 0.250 e. The molecule has 3 N–H and O–H groups in total. The molecule has 2 aromatic carbocycles. The van der Waals surface area contributed by atoms with Gasteiger partial charge in [0.15, 0.2) is 4.96 Å². The molecule has 0 unspecified atom stereocenters. The van der Waals surface area contributed by atoms with Gasteiger partial charge in [-0.3, -0.25) is 14.0 Å². The molecule has 4 aromatic rings. The van der Waals surface area contributed by atoms with Gasteiger partial charge in [0.1, 0.15) is 0 Å². The minimum atomic E-state index is -0.587. The first kappa shape index (κ1) is 18.2. The predicted octanol–water partition coefficient (Wildman–Crippen LogP) is 4.00. The molecule has 0 saturated heterocycles. The van der Waals surface area contributed by atoms with E-state index in [1.165, 1.54) is 11.3 Å². The van der Waals surface area contributed by atoms with E-state index in [2.05, 4.69) is 10.3 Å². The van der Waals surface area contributed by atoms with Gasteiger partial charge in [0.2, 0.25) is 5.91 Å². The summed E-state index contributed by atoms with van der Waals surface area (Å²) in [4.78, 5) is 29.4. The first-order chi connectivity index (χ1) is 13.5. The largest absolute Gasteiger partial charge is 0.366 e. The first-order valence-corrected chi connectivity index (χ1v) is 9.67. The highest BCUT2D eigenvalue weighted by Gasteiger charge is 2.15. The lowest BCUT2D eigenvalue weighted by atomic mass is 10.1. The molecule has 2 heterocycles. The average molecular weight is 411 g/mol. The van der Waals surface area contributed by atoms with Crippen LogP contribution < -0.4 is 11.1 Å². The number of primary amides is 1. The maximum absolute atomic E-state index is 12.5. The summed E-state index contributed by atoms with van der Waals surface area (Å²) >= 11 is 7.40. The third kappa shape index (κ3) is 3.62. The van der Waals surface area contributed by atoms with Gasteiger partial charge in [0.05, 0.1) is 23.4 Å². The van der Waals surface area contributed by atoms with Crippen molar-refractivity contribution < 1.29 is 9.59 Å². The second-order valence-corrected chi connectivity index (χ2v) is 7.42. The summed E-state index contributed by atoms with van der Waals surface area (Å²) in [7, 11) is 0. The van der Waals surface area contributed by atoms with E-state index in [4.69, 9.17) is 17.3 Å². The zero-order chi connectivity index (χ0) is 19.7. The van der Waals surface area contributed by atoms with E-state index in [0.717, 1.165) is 21.9 Å². The Kier molecular flexibility index (Phi) is 4.85. The van der Waals surface area contributed by atoms with E-state index in [0.29, 0.717) is 10.7 Å². The molecule has 28 heavy (non-hydrogen) atoms. The van der Waals surface area contributed by atoms with Crippen molar-refractivity contribution in [1.29, 1.82) is 0 Å². The summed E-state index contributed by atoms with van der Waals surface area (Å²) in [6.45, 7) is 0. The van der Waals surface area contributed by atoms with Gasteiger partial charge in [-0.05, 0) is 24.3 Å². The molecule has 0 fully saturated rings. The van der Waals surface area contributed by atoms with Crippen LogP contribution in [0.3, 0.4) is 0 Å². The topological polar surface area (TPSA) is 89.5 Å². The Labute approximate surface area is 169 Å². The van der Waals surface area contributed by atoms with Crippen LogP contribution in [0.4, 0.5) is 5.69 Å². The molecule has 2 amide bonds. The van der Waals surface area contributed by atoms with Crippen LogP contribution in [0, 0.1) is 0 Å². The predicted molar refractivity (Wildman–Crippen MR) is 111 cm³/mol. The molecule has 0 atom stereocenters. The lowest BCUT2D eigenvalue weighted by Gasteiger charge is -2.08. The van der Waals surface area contributed by atoms with Crippen LogP contribution >= 0.6 is 22.9 Å². The fourth-order valence-electron chi connectivity index (χ4n) is 2.88. The normalized spacial score (nSPS) is 10.9. The molecule has 6 nitrogen and oxygen atoms in total.